The number of aryl methyl sites for hydroxylation is 2. The highest BCUT2D eigenvalue weighted by molar-refractivity contribution is 7.93. The molecule has 0 saturated carbocycles. The monoisotopic (exact) mass is 312 g/mol. The second-order valence-electron chi connectivity index (χ2n) is 4.22. The van der Waals surface area contributed by atoms with E-state index in [4.69, 9.17) is 5.73 Å². The Morgan fingerprint density at radius 3 is 2.60 bits per heavy atom. The highest BCUT2D eigenvalue weighted by atomic mass is 32.2. The molecule has 0 saturated heterocycles. The molecule has 0 amide bonds. The van der Waals surface area contributed by atoms with E-state index in [9.17, 15) is 8.42 Å². The third-order valence-electron chi connectivity index (χ3n) is 2.84. The Morgan fingerprint density at radius 2 is 2.05 bits per heavy atom. The first-order chi connectivity index (χ1) is 9.46. The molecule has 0 aliphatic rings. The molecule has 1 aromatic heterocycles. The van der Waals surface area contributed by atoms with Crippen LogP contribution < -0.4 is 10.5 Å². The topological polar surface area (TPSA) is 98.0 Å². The Hall–Kier alpha value is -1.51. The minimum Gasteiger partial charge on any atom is -0.326 e. The normalized spacial score (nSPS) is 11.6. The largest absolute Gasteiger partial charge is 0.326 e. The molecule has 2 aromatic rings. The Morgan fingerprint density at radius 1 is 1.30 bits per heavy atom. The molecule has 0 aliphatic heterocycles. The first-order valence-corrected chi connectivity index (χ1v) is 8.41. The van der Waals surface area contributed by atoms with E-state index in [0.29, 0.717) is 11.6 Å². The fraction of sp³-hybridized carbons (Fsp3) is 0.333. The summed E-state index contributed by atoms with van der Waals surface area (Å²) in [5.41, 5.74) is 7.55. The van der Waals surface area contributed by atoms with Crippen molar-refractivity contribution in [3.8, 4) is 0 Å². The van der Waals surface area contributed by atoms with Gasteiger partial charge in [0.05, 0.1) is 4.90 Å². The minimum atomic E-state index is -3.66. The van der Waals surface area contributed by atoms with Gasteiger partial charge in [0.1, 0.15) is 5.01 Å². The number of benzene rings is 1. The van der Waals surface area contributed by atoms with Crippen molar-refractivity contribution in [1.29, 1.82) is 0 Å². The lowest BCUT2D eigenvalue weighted by Crippen LogP contribution is -2.14. The second kappa shape index (κ2) is 5.86. The molecule has 0 fully saturated rings. The van der Waals surface area contributed by atoms with Crippen molar-refractivity contribution < 1.29 is 8.42 Å². The van der Waals surface area contributed by atoms with Gasteiger partial charge in [0.15, 0.2) is 0 Å². The first kappa shape index (κ1) is 14.9. The summed E-state index contributed by atoms with van der Waals surface area (Å²) in [6.07, 6.45) is 0.815. The van der Waals surface area contributed by atoms with Gasteiger partial charge in [0.2, 0.25) is 5.13 Å². The maximum atomic E-state index is 12.3. The van der Waals surface area contributed by atoms with E-state index < -0.39 is 10.0 Å². The molecule has 2 rings (SSSR count). The summed E-state index contributed by atoms with van der Waals surface area (Å²) < 4.78 is 27.0. The van der Waals surface area contributed by atoms with Crippen LogP contribution in [0.1, 0.15) is 23.1 Å². The standard InChI is InChI=1S/C12H16N4O2S2/c1-3-9-4-5-11(6-10(9)7-13)20(17,18)16-12-15-14-8(2)19-12/h4-6H,3,7,13H2,1-2H3,(H,15,16). The Balaban J connectivity index is 2.34. The van der Waals surface area contributed by atoms with Gasteiger partial charge >= 0.3 is 0 Å². The summed E-state index contributed by atoms with van der Waals surface area (Å²) in [6.45, 7) is 4.08. The SMILES string of the molecule is CCc1ccc(S(=O)(=O)Nc2nnc(C)s2)cc1CN. The molecule has 0 unspecified atom stereocenters. The fourth-order valence-electron chi connectivity index (χ4n) is 1.82. The van der Waals surface area contributed by atoms with Gasteiger partial charge in [0.25, 0.3) is 10.0 Å². The number of nitrogens with zero attached hydrogens (tertiary/aromatic N) is 2. The summed E-state index contributed by atoms with van der Waals surface area (Å²) in [4.78, 5) is 0.183. The summed E-state index contributed by atoms with van der Waals surface area (Å²) in [5, 5.41) is 8.49. The van der Waals surface area contributed by atoms with Crippen molar-refractivity contribution in [2.75, 3.05) is 4.72 Å². The van der Waals surface area contributed by atoms with Gasteiger partial charge in [-0.15, -0.1) is 10.2 Å². The number of hydrogen-bond acceptors (Lipinski definition) is 6. The van der Waals surface area contributed by atoms with Gasteiger partial charge in [-0.1, -0.05) is 24.3 Å². The van der Waals surface area contributed by atoms with Gasteiger partial charge in [0, 0.05) is 6.54 Å². The van der Waals surface area contributed by atoms with Crippen LogP contribution in [0.2, 0.25) is 0 Å². The van der Waals surface area contributed by atoms with Crippen molar-refractivity contribution in [1.82, 2.24) is 10.2 Å². The number of hydrogen-bond donors (Lipinski definition) is 2. The van der Waals surface area contributed by atoms with Gasteiger partial charge in [-0.25, -0.2) is 8.42 Å². The van der Waals surface area contributed by atoms with Gasteiger partial charge < -0.3 is 5.73 Å². The number of sulfonamides is 1. The molecule has 0 aliphatic carbocycles. The maximum Gasteiger partial charge on any atom is 0.263 e. The van der Waals surface area contributed by atoms with Crippen LogP contribution in [-0.4, -0.2) is 18.6 Å². The van der Waals surface area contributed by atoms with Gasteiger partial charge in [-0.3, -0.25) is 4.72 Å². The first-order valence-electron chi connectivity index (χ1n) is 6.11. The molecule has 0 spiro atoms. The van der Waals surface area contributed by atoms with E-state index in [-0.39, 0.29) is 10.0 Å². The summed E-state index contributed by atoms with van der Waals surface area (Å²) in [5.74, 6) is 0. The highest BCUT2D eigenvalue weighted by Gasteiger charge is 2.17. The van der Waals surface area contributed by atoms with Crippen molar-refractivity contribution in [3.63, 3.8) is 0 Å². The van der Waals surface area contributed by atoms with E-state index in [0.717, 1.165) is 17.5 Å². The van der Waals surface area contributed by atoms with Crippen LogP contribution >= 0.6 is 11.3 Å². The van der Waals surface area contributed by atoms with Crippen molar-refractivity contribution in [2.24, 2.45) is 5.73 Å². The van der Waals surface area contributed by atoms with E-state index in [1.165, 1.54) is 11.3 Å². The lowest BCUT2D eigenvalue weighted by molar-refractivity contribution is 0.601. The quantitative estimate of drug-likeness (QED) is 0.875. The predicted octanol–water partition coefficient (Wildman–Crippen LogP) is 1.67. The van der Waals surface area contributed by atoms with Crippen LogP contribution in [0.25, 0.3) is 0 Å². The van der Waals surface area contributed by atoms with Crippen LogP contribution in [-0.2, 0) is 23.0 Å². The zero-order valence-corrected chi connectivity index (χ0v) is 12.9. The molecule has 108 valence electrons. The molecule has 20 heavy (non-hydrogen) atoms. The number of rotatable bonds is 5. The van der Waals surface area contributed by atoms with Crippen LogP contribution in [0.5, 0.6) is 0 Å². The van der Waals surface area contributed by atoms with E-state index >= 15 is 0 Å². The number of nitrogens with one attached hydrogen (secondary N) is 1. The predicted molar refractivity (Wildman–Crippen MR) is 79.2 cm³/mol. The Kier molecular flexibility index (Phi) is 4.36. The summed E-state index contributed by atoms with van der Waals surface area (Å²) in [6, 6.07) is 4.98. The smallest absolute Gasteiger partial charge is 0.263 e. The summed E-state index contributed by atoms with van der Waals surface area (Å²) >= 11 is 1.19. The third kappa shape index (κ3) is 3.14. The molecule has 0 bridgehead atoms. The molecule has 0 radical (unpaired) electrons. The van der Waals surface area contributed by atoms with E-state index in [2.05, 4.69) is 14.9 Å². The molecule has 1 heterocycles. The van der Waals surface area contributed by atoms with E-state index in [1.54, 1.807) is 25.1 Å². The van der Waals surface area contributed by atoms with Crippen molar-refractivity contribution >= 4 is 26.5 Å². The zero-order chi connectivity index (χ0) is 14.8. The molecule has 8 heteroatoms. The molecular weight excluding hydrogens is 296 g/mol. The maximum absolute atomic E-state index is 12.3. The number of nitrogens with two attached hydrogens (primary N) is 1. The Labute approximate surface area is 122 Å². The van der Waals surface area contributed by atoms with Gasteiger partial charge in [-0.05, 0) is 36.6 Å². The van der Waals surface area contributed by atoms with Crippen molar-refractivity contribution in [3.05, 3.63) is 34.3 Å². The van der Waals surface area contributed by atoms with Crippen LogP contribution in [0.15, 0.2) is 23.1 Å². The lowest BCUT2D eigenvalue weighted by atomic mass is 10.1. The average molecular weight is 312 g/mol. The number of aromatic nitrogens is 2. The van der Waals surface area contributed by atoms with Crippen LogP contribution in [0, 0.1) is 6.92 Å². The summed E-state index contributed by atoms with van der Waals surface area (Å²) in [7, 11) is -3.66. The highest BCUT2D eigenvalue weighted by Crippen LogP contribution is 2.21. The van der Waals surface area contributed by atoms with E-state index in [1.807, 2.05) is 6.92 Å². The minimum absolute atomic E-state index is 0.183. The average Bonchev–Trinajstić information content (AvgIpc) is 2.82. The molecule has 1 aromatic carbocycles. The Bertz CT molecular complexity index is 710. The zero-order valence-electron chi connectivity index (χ0n) is 11.3. The lowest BCUT2D eigenvalue weighted by Gasteiger charge is -2.09. The molecular formula is C12H16N4O2S2. The fourth-order valence-corrected chi connectivity index (χ4v) is 3.69. The van der Waals surface area contributed by atoms with Crippen LogP contribution in [0.4, 0.5) is 5.13 Å². The van der Waals surface area contributed by atoms with Crippen LogP contribution in [0.3, 0.4) is 0 Å². The van der Waals surface area contributed by atoms with Crippen molar-refractivity contribution in [2.45, 2.75) is 31.7 Å². The molecule has 0 atom stereocenters. The molecule has 6 nitrogen and oxygen atoms in total. The molecule has 3 N–H and O–H groups in total. The number of anilines is 1. The third-order valence-corrected chi connectivity index (χ3v) is 5.06. The second-order valence-corrected chi connectivity index (χ2v) is 7.08. The van der Waals surface area contributed by atoms with Gasteiger partial charge in [-0.2, -0.15) is 0 Å².